The van der Waals surface area contributed by atoms with Crippen LogP contribution in [0.25, 0.3) is 0 Å². The van der Waals surface area contributed by atoms with E-state index in [0.29, 0.717) is 11.9 Å². The summed E-state index contributed by atoms with van der Waals surface area (Å²) in [4.78, 5) is 18.3. The molecule has 5 rings (SSSR count). The molecule has 0 bridgehead atoms. The molecule has 2 aliphatic heterocycles. The van der Waals surface area contributed by atoms with Gasteiger partial charge in [-0.05, 0) is 50.6 Å². The van der Waals surface area contributed by atoms with E-state index in [1.165, 1.54) is 42.0 Å². The molecule has 190 valence electrons. The number of fused-ring (bicyclic) bond motifs is 1. The van der Waals surface area contributed by atoms with Crippen LogP contribution in [-0.2, 0) is 6.42 Å². The molecule has 9 heteroatoms. The van der Waals surface area contributed by atoms with E-state index in [0.717, 1.165) is 64.5 Å². The highest BCUT2D eigenvalue weighted by Gasteiger charge is 2.34. The lowest BCUT2D eigenvalue weighted by Gasteiger charge is -2.44. The molecular weight excluding hydrogens is 445 g/mol. The van der Waals surface area contributed by atoms with E-state index in [4.69, 9.17) is 10.5 Å². The Hall–Kier alpha value is -2.33. The highest BCUT2D eigenvalue weighted by atomic mass is 19.1. The van der Waals surface area contributed by atoms with Crippen LogP contribution in [0, 0.1) is 5.82 Å². The maximum Gasteiger partial charge on any atom is 0.170 e. The second kappa shape index (κ2) is 10.7. The zero-order valence-corrected chi connectivity index (χ0v) is 21.0. The van der Waals surface area contributed by atoms with E-state index < -0.39 is 11.9 Å². The van der Waals surface area contributed by atoms with Gasteiger partial charge in [-0.25, -0.2) is 14.4 Å². The first kappa shape index (κ1) is 24.4. The van der Waals surface area contributed by atoms with E-state index in [2.05, 4.69) is 55.8 Å². The standard InChI is InChI=1S/C26H38FN7O/c1-31-8-12-33(13-9-31)21-5-3-4-19-6-7-22(25(24(19)21)34-14-10-32(2)11-15-34)35-23(16-28)26-29-17-20(27)18-30-26/h6-7,17-18,21,23H,3-5,8-16,28H2,1-2H3. The average Bonchev–Trinajstić information content (AvgIpc) is 2.88. The number of halogens is 1. The van der Waals surface area contributed by atoms with Crippen LogP contribution < -0.4 is 15.4 Å². The van der Waals surface area contributed by atoms with Crippen LogP contribution >= 0.6 is 0 Å². The molecule has 3 aliphatic rings. The molecule has 0 radical (unpaired) electrons. The van der Waals surface area contributed by atoms with Crippen molar-refractivity contribution in [2.75, 3.05) is 77.9 Å². The van der Waals surface area contributed by atoms with Gasteiger partial charge in [-0.1, -0.05) is 6.07 Å². The van der Waals surface area contributed by atoms with Gasteiger partial charge in [0, 0.05) is 64.9 Å². The van der Waals surface area contributed by atoms with Crippen LogP contribution in [0.5, 0.6) is 5.75 Å². The number of piperazine rings is 2. The van der Waals surface area contributed by atoms with Crippen molar-refractivity contribution in [3.05, 3.63) is 47.3 Å². The summed E-state index contributed by atoms with van der Waals surface area (Å²) in [6.07, 6.45) is 5.29. The largest absolute Gasteiger partial charge is 0.479 e. The Morgan fingerprint density at radius 2 is 1.66 bits per heavy atom. The van der Waals surface area contributed by atoms with Crippen LogP contribution in [0.1, 0.15) is 41.9 Å². The maximum atomic E-state index is 13.4. The number of nitrogens with zero attached hydrogens (tertiary/aromatic N) is 6. The fourth-order valence-corrected chi connectivity index (χ4v) is 5.65. The third-order valence-corrected chi connectivity index (χ3v) is 7.74. The molecule has 2 fully saturated rings. The molecule has 1 aromatic heterocycles. The Kier molecular flexibility index (Phi) is 7.48. The normalized spacial score (nSPS) is 23.2. The van der Waals surface area contributed by atoms with Crippen LogP contribution in [0.4, 0.5) is 10.1 Å². The summed E-state index contributed by atoms with van der Waals surface area (Å²) < 4.78 is 20.0. The molecule has 1 aromatic carbocycles. The van der Waals surface area contributed by atoms with Gasteiger partial charge in [0.05, 0.1) is 18.1 Å². The molecular formula is C26H38FN7O. The Balaban J connectivity index is 1.54. The van der Waals surface area contributed by atoms with Gasteiger partial charge < -0.3 is 25.2 Å². The van der Waals surface area contributed by atoms with Crippen molar-refractivity contribution in [1.29, 1.82) is 0 Å². The number of nitrogens with two attached hydrogens (primary N) is 1. The van der Waals surface area contributed by atoms with Crippen LogP contribution in [0.15, 0.2) is 24.5 Å². The second-order valence-electron chi connectivity index (χ2n) is 10.1. The topological polar surface area (TPSA) is 74.0 Å². The predicted octanol–water partition coefficient (Wildman–Crippen LogP) is 2.07. The van der Waals surface area contributed by atoms with Gasteiger partial charge in [-0.15, -0.1) is 0 Å². The number of likely N-dealkylation sites (N-methyl/N-ethyl adjacent to an activating group) is 2. The van der Waals surface area contributed by atoms with Crippen molar-refractivity contribution >= 4 is 5.69 Å². The van der Waals surface area contributed by atoms with Gasteiger partial charge in [-0.2, -0.15) is 0 Å². The van der Waals surface area contributed by atoms with Gasteiger partial charge >= 0.3 is 0 Å². The van der Waals surface area contributed by atoms with E-state index in [1.807, 2.05) is 0 Å². The molecule has 0 amide bonds. The molecule has 0 saturated carbocycles. The van der Waals surface area contributed by atoms with Gasteiger partial charge in [0.1, 0.15) is 5.75 Å². The van der Waals surface area contributed by atoms with Crippen LogP contribution in [0.2, 0.25) is 0 Å². The first-order valence-corrected chi connectivity index (χ1v) is 12.9. The van der Waals surface area contributed by atoms with Gasteiger partial charge in [0.2, 0.25) is 0 Å². The zero-order chi connectivity index (χ0) is 24.4. The fraction of sp³-hybridized carbons (Fsp3) is 0.615. The summed E-state index contributed by atoms with van der Waals surface area (Å²) in [5, 5.41) is 0. The molecule has 2 atom stereocenters. The lowest BCUT2D eigenvalue weighted by molar-refractivity contribution is 0.102. The molecule has 0 spiro atoms. The molecule has 35 heavy (non-hydrogen) atoms. The summed E-state index contributed by atoms with van der Waals surface area (Å²) >= 11 is 0. The summed E-state index contributed by atoms with van der Waals surface area (Å²) in [7, 11) is 4.39. The lowest BCUT2D eigenvalue weighted by Crippen LogP contribution is -2.48. The van der Waals surface area contributed by atoms with Crippen molar-refractivity contribution in [3.8, 4) is 5.75 Å². The van der Waals surface area contributed by atoms with Crippen LogP contribution in [-0.4, -0.2) is 97.7 Å². The first-order valence-electron chi connectivity index (χ1n) is 12.9. The number of anilines is 1. The average molecular weight is 484 g/mol. The van der Waals surface area contributed by atoms with Gasteiger partial charge in [0.15, 0.2) is 17.7 Å². The Labute approximate surface area is 207 Å². The maximum absolute atomic E-state index is 13.4. The number of hydrogen-bond acceptors (Lipinski definition) is 8. The summed E-state index contributed by atoms with van der Waals surface area (Å²) in [6.45, 7) is 8.54. The molecule has 2 saturated heterocycles. The smallest absolute Gasteiger partial charge is 0.170 e. The van der Waals surface area contributed by atoms with Crippen molar-refractivity contribution in [2.45, 2.75) is 31.4 Å². The number of benzene rings is 1. The Morgan fingerprint density at radius 1 is 1.00 bits per heavy atom. The number of ether oxygens (including phenoxy) is 1. The van der Waals surface area contributed by atoms with Crippen molar-refractivity contribution < 1.29 is 9.13 Å². The minimum absolute atomic E-state index is 0.215. The van der Waals surface area contributed by atoms with Crippen molar-refractivity contribution in [3.63, 3.8) is 0 Å². The molecule has 1 aliphatic carbocycles. The van der Waals surface area contributed by atoms with Gasteiger partial charge in [-0.3, -0.25) is 4.90 Å². The van der Waals surface area contributed by atoms with E-state index in [9.17, 15) is 4.39 Å². The monoisotopic (exact) mass is 483 g/mol. The number of rotatable bonds is 6. The second-order valence-corrected chi connectivity index (χ2v) is 10.1. The van der Waals surface area contributed by atoms with Gasteiger partial charge in [0.25, 0.3) is 0 Å². The predicted molar refractivity (Wildman–Crippen MR) is 135 cm³/mol. The Bertz CT molecular complexity index is 988. The summed E-state index contributed by atoms with van der Waals surface area (Å²) in [5.74, 6) is 0.774. The number of aryl methyl sites for hydroxylation is 1. The Morgan fingerprint density at radius 3 is 2.31 bits per heavy atom. The van der Waals surface area contributed by atoms with E-state index in [1.54, 1.807) is 0 Å². The fourth-order valence-electron chi connectivity index (χ4n) is 5.65. The molecule has 8 nitrogen and oxygen atoms in total. The molecule has 3 heterocycles. The summed E-state index contributed by atoms with van der Waals surface area (Å²) in [6, 6.07) is 4.74. The first-order chi connectivity index (χ1) is 17.0. The van der Waals surface area contributed by atoms with Crippen LogP contribution in [0.3, 0.4) is 0 Å². The highest BCUT2D eigenvalue weighted by Crippen LogP contribution is 2.46. The summed E-state index contributed by atoms with van der Waals surface area (Å²) in [5.41, 5.74) is 10.2. The highest BCUT2D eigenvalue weighted by molar-refractivity contribution is 5.68. The molecule has 2 unspecified atom stereocenters. The van der Waals surface area contributed by atoms with Crippen molar-refractivity contribution in [2.24, 2.45) is 5.73 Å². The molecule has 2 N–H and O–H groups in total. The third kappa shape index (κ3) is 5.28. The quantitative estimate of drug-likeness (QED) is 0.670. The zero-order valence-electron chi connectivity index (χ0n) is 21.0. The van der Waals surface area contributed by atoms with Crippen molar-refractivity contribution in [1.82, 2.24) is 24.7 Å². The third-order valence-electron chi connectivity index (χ3n) is 7.74. The SMILES string of the molecule is CN1CCN(c2c(OC(CN)c3ncc(F)cn3)ccc3c2C(N2CCN(C)CC2)CCC3)CC1. The molecule has 2 aromatic rings. The van der Waals surface area contributed by atoms with E-state index >= 15 is 0 Å². The minimum Gasteiger partial charge on any atom is -0.479 e. The minimum atomic E-state index is -0.537. The number of aromatic nitrogens is 2. The number of hydrogen-bond donors (Lipinski definition) is 1. The van der Waals surface area contributed by atoms with E-state index in [-0.39, 0.29) is 6.54 Å². The lowest BCUT2D eigenvalue weighted by atomic mass is 9.84.